The maximum Gasteiger partial charge on any atom is 0.137 e. The van der Waals surface area contributed by atoms with E-state index in [1.807, 2.05) is 24.4 Å². The van der Waals surface area contributed by atoms with Crippen LogP contribution >= 0.6 is 11.3 Å². The Balaban J connectivity index is 1.70. The molecule has 0 fully saturated rings. The number of nitrogens with zero attached hydrogens (tertiary/aromatic N) is 5. The molecule has 0 aliphatic heterocycles. The van der Waals surface area contributed by atoms with Gasteiger partial charge in [-0.25, -0.2) is 19.0 Å². The van der Waals surface area contributed by atoms with Gasteiger partial charge in [0.1, 0.15) is 24.1 Å². The Bertz CT molecular complexity index is 1180. The first kappa shape index (κ1) is 19.9. The Morgan fingerprint density at radius 1 is 1.27 bits per heavy atom. The van der Waals surface area contributed by atoms with Crippen LogP contribution in [0.1, 0.15) is 29.0 Å². The second-order valence-electron chi connectivity index (χ2n) is 7.01. The fourth-order valence-electron chi connectivity index (χ4n) is 3.34. The van der Waals surface area contributed by atoms with Crippen LogP contribution in [0.5, 0.6) is 0 Å². The molecule has 4 aromatic rings. The molecule has 0 amide bonds. The molecular weight excluding hydrogens is 401 g/mol. The van der Waals surface area contributed by atoms with Crippen LogP contribution in [0.2, 0.25) is 0 Å². The molecule has 2 atom stereocenters. The van der Waals surface area contributed by atoms with Crippen molar-refractivity contribution in [1.82, 2.24) is 19.7 Å². The van der Waals surface area contributed by atoms with Crippen LogP contribution < -0.4 is 0 Å². The van der Waals surface area contributed by atoms with E-state index in [4.69, 9.17) is 10.2 Å². The average molecular weight is 419 g/mol. The molecule has 0 radical (unpaired) electrons. The van der Waals surface area contributed by atoms with Crippen LogP contribution in [0.25, 0.3) is 11.3 Å². The maximum atomic E-state index is 13.9. The molecule has 4 rings (SSSR count). The van der Waals surface area contributed by atoms with Crippen molar-refractivity contribution < 1.29 is 9.50 Å². The van der Waals surface area contributed by atoms with Gasteiger partial charge < -0.3 is 5.11 Å². The van der Waals surface area contributed by atoms with Crippen molar-refractivity contribution in [2.45, 2.75) is 25.0 Å². The molecule has 2 aromatic carbocycles. The van der Waals surface area contributed by atoms with Gasteiger partial charge in [-0.15, -0.1) is 11.3 Å². The number of thiazole rings is 1. The Morgan fingerprint density at radius 2 is 2.07 bits per heavy atom. The third kappa shape index (κ3) is 3.85. The standard InChI is InChI=1S/C22H18FN5OS/c1-15(21-27-20(11-30-21)17-7-5-16(10-24)6-8-17)22(29,12-28-14-25-13-26-28)18-3-2-4-19(23)9-18/h2-9,11,13-15,29H,12H2,1H3/t15-,22-/m1/s1. The van der Waals surface area contributed by atoms with E-state index < -0.39 is 17.3 Å². The Labute approximate surface area is 176 Å². The number of benzene rings is 2. The number of nitriles is 1. The average Bonchev–Trinajstić information content (AvgIpc) is 3.45. The minimum Gasteiger partial charge on any atom is -0.382 e. The third-order valence-corrected chi connectivity index (χ3v) is 6.14. The van der Waals surface area contributed by atoms with E-state index in [2.05, 4.69) is 16.2 Å². The second kappa shape index (κ2) is 8.14. The second-order valence-corrected chi connectivity index (χ2v) is 7.90. The molecule has 2 aromatic heterocycles. The smallest absolute Gasteiger partial charge is 0.137 e. The molecule has 6 nitrogen and oxygen atoms in total. The monoisotopic (exact) mass is 419 g/mol. The number of aromatic nitrogens is 4. The number of aliphatic hydroxyl groups is 1. The summed E-state index contributed by atoms with van der Waals surface area (Å²) in [6.07, 6.45) is 2.91. The molecule has 0 bridgehead atoms. The summed E-state index contributed by atoms with van der Waals surface area (Å²) in [5, 5.41) is 27.4. The van der Waals surface area contributed by atoms with Crippen molar-refractivity contribution in [3.05, 3.63) is 88.5 Å². The fourth-order valence-corrected chi connectivity index (χ4v) is 4.31. The third-order valence-electron chi connectivity index (χ3n) is 5.11. The van der Waals surface area contributed by atoms with Crippen LogP contribution in [0.3, 0.4) is 0 Å². The highest BCUT2D eigenvalue weighted by Crippen LogP contribution is 2.40. The summed E-state index contributed by atoms with van der Waals surface area (Å²) in [4.78, 5) is 8.65. The lowest BCUT2D eigenvalue weighted by Gasteiger charge is -2.33. The normalized spacial score (nSPS) is 14.1. The minimum absolute atomic E-state index is 0.101. The lowest BCUT2D eigenvalue weighted by molar-refractivity contribution is -0.00827. The maximum absolute atomic E-state index is 13.9. The predicted molar refractivity (Wildman–Crippen MR) is 111 cm³/mol. The lowest BCUT2D eigenvalue weighted by Crippen LogP contribution is -2.37. The number of halogens is 1. The Morgan fingerprint density at radius 3 is 2.73 bits per heavy atom. The Kier molecular flexibility index (Phi) is 5.40. The summed E-state index contributed by atoms with van der Waals surface area (Å²) in [6, 6.07) is 15.2. The molecule has 30 heavy (non-hydrogen) atoms. The van der Waals surface area contributed by atoms with Crippen LogP contribution in [-0.4, -0.2) is 24.9 Å². The van der Waals surface area contributed by atoms with Crippen molar-refractivity contribution in [2.75, 3.05) is 0 Å². The summed E-state index contributed by atoms with van der Waals surface area (Å²) in [5.41, 5.74) is 1.22. The summed E-state index contributed by atoms with van der Waals surface area (Å²) in [6.45, 7) is 1.96. The van der Waals surface area contributed by atoms with E-state index in [-0.39, 0.29) is 6.54 Å². The summed E-state index contributed by atoms with van der Waals surface area (Å²) in [5.74, 6) is -0.866. The summed E-state index contributed by atoms with van der Waals surface area (Å²) < 4.78 is 15.5. The van der Waals surface area contributed by atoms with E-state index in [0.29, 0.717) is 16.1 Å². The van der Waals surface area contributed by atoms with Gasteiger partial charge in [0.25, 0.3) is 0 Å². The number of hydrogen-bond donors (Lipinski definition) is 1. The van der Waals surface area contributed by atoms with Crippen LogP contribution in [0.15, 0.2) is 66.6 Å². The highest BCUT2D eigenvalue weighted by atomic mass is 32.1. The van der Waals surface area contributed by atoms with Gasteiger partial charge in [0.05, 0.1) is 28.9 Å². The van der Waals surface area contributed by atoms with E-state index >= 15 is 0 Å². The molecule has 0 aliphatic carbocycles. The molecule has 1 N–H and O–H groups in total. The quantitative estimate of drug-likeness (QED) is 0.508. The molecule has 0 saturated heterocycles. The van der Waals surface area contributed by atoms with Gasteiger partial charge in [-0.3, -0.25) is 0 Å². The topological polar surface area (TPSA) is 87.6 Å². The van der Waals surface area contributed by atoms with Crippen molar-refractivity contribution in [2.24, 2.45) is 0 Å². The SMILES string of the molecule is C[C@H](c1nc(-c2ccc(C#N)cc2)cs1)[C@](O)(Cn1cncn1)c1cccc(F)c1. The molecule has 0 aliphatic rings. The van der Waals surface area contributed by atoms with Crippen LogP contribution in [0.4, 0.5) is 4.39 Å². The summed E-state index contributed by atoms with van der Waals surface area (Å²) >= 11 is 1.43. The number of rotatable bonds is 6. The summed E-state index contributed by atoms with van der Waals surface area (Å²) in [7, 11) is 0. The van der Waals surface area contributed by atoms with E-state index in [0.717, 1.165) is 11.3 Å². The first-order valence-corrected chi connectivity index (χ1v) is 10.1. The highest BCUT2D eigenvalue weighted by Gasteiger charge is 2.39. The number of hydrogen-bond acceptors (Lipinski definition) is 6. The van der Waals surface area contributed by atoms with E-state index in [1.165, 1.54) is 40.8 Å². The molecule has 0 saturated carbocycles. The van der Waals surface area contributed by atoms with Gasteiger partial charge >= 0.3 is 0 Å². The first-order valence-electron chi connectivity index (χ1n) is 9.26. The lowest BCUT2D eigenvalue weighted by atomic mass is 9.82. The zero-order valence-electron chi connectivity index (χ0n) is 16.1. The van der Waals surface area contributed by atoms with Gasteiger partial charge in [-0.1, -0.05) is 31.2 Å². The molecule has 2 heterocycles. The zero-order chi connectivity index (χ0) is 21.1. The van der Waals surface area contributed by atoms with Gasteiger partial charge in [0.15, 0.2) is 0 Å². The molecule has 0 unspecified atom stereocenters. The Hall–Kier alpha value is -3.41. The van der Waals surface area contributed by atoms with E-state index in [9.17, 15) is 9.50 Å². The molecule has 0 spiro atoms. The van der Waals surface area contributed by atoms with E-state index in [1.54, 1.807) is 24.3 Å². The van der Waals surface area contributed by atoms with Gasteiger partial charge in [0.2, 0.25) is 0 Å². The molecular formula is C22H18FN5OS. The predicted octanol–water partition coefficient (Wildman–Crippen LogP) is 4.10. The van der Waals surface area contributed by atoms with Gasteiger partial charge in [-0.05, 0) is 29.8 Å². The van der Waals surface area contributed by atoms with Gasteiger partial charge in [0, 0.05) is 16.9 Å². The van der Waals surface area contributed by atoms with Crippen molar-refractivity contribution in [3.63, 3.8) is 0 Å². The zero-order valence-corrected chi connectivity index (χ0v) is 16.9. The van der Waals surface area contributed by atoms with Crippen molar-refractivity contribution >= 4 is 11.3 Å². The largest absolute Gasteiger partial charge is 0.382 e. The fraction of sp³-hybridized carbons (Fsp3) is 0.182. The van der Waals surface area contributed by atoms with Crippen molar-refractivity contribution in [1.29, 1.82) is 5.26 Å². The van der Waals surface area contributed by atoms with Gasteiger partial charge in [-0.2, -0.15) is 10.4 Å². The van der Waals surface area contributed by atoms with Crippen LogP contribution in [-0.2, 0) is 12.1 Å². The van der Waals surface area contributed by atoms with Crippen molar-refractivity contribution in [3.8, 4) is 17.3 Å². The molecule has 150 valence electrons. The first-order chi connectivity index (χ1) is 14.5. The highest BCUT2D eigenvalue weighted by molar-refractivity contribution is 7.10. The molecule has 8 heteroatoms. The minimum atomic E-state index is -1.45. The van der Waals surface area contributed by atoms with Crippen LogP contribution in [0, 0.1) is 17.1 Å².